The number of amides is 1. The average Bonchev–Trinajstić information content (AvgIpc) is 3.22. The maximum absolute atomic E-state index is 13.0. The van der Waals surface area contributed by atoms with E-state index in [1.807, 2.05) is 41.1 Å². The Morgan fingerprint density at radius 2 is 1.82 bits per heavy atom. The van der Waals surface area contributed by atoms with E-state index in [0.29, 0.717) is 10.8 Å². The van der Waals surface area contributed by atoms with Crippen molar-refractivity contribution in [2.45, 2.75) is 18.1 Å². The van der Waals surface area contributed by atoms with E-state index in [2.05, 4.69) is 21.2 Å². The van der Waals surface area contributed by atoms with Gasteiger partial charge < -0.3 is 10.1 Å². The van der Waals surface area contributed by atoms with E-state index in [0.717, 1.165) is 15.6 Å². The lowest BCUT2D eigenvalue weighted by molar-refractivity contribution is -0.144. The molecule has 0 radical (unpaired) electrons. The number of thiophene rings is 1. The van der Waals surface area contributed by atoms with Gasteiger partial charge in [0, 0.05) is 10.9 Å². The van der Waals surface area contributed by atoms with Crippen molar-refractivity contribution >= 4 is 50.6 Å². The van der Waals surface area contributed by atoms with Crippen molar-refractivity contribution in [2.75, 3.05) is 0 Å². The van der Waals surface area contributed by atoms with Crippen molar-refractivity contribution in [3.63, 3.8) is 0 Å². The Hall–Kier alpha value is -2.15. The summed E-state index contributed by atoms with van der Waals surface area (Å²) in [6.45, 7) is 0. The molecule has 0 bridgehead atoms. The third-order valence-corrected chi connectivity index (χ3v) is 6.26. The van der Waals surface area contributed by atoms with Crippen LogP contribution in [0.5, 0.6) is 5.75 Å². The second kappa shape index (κ2) is 7.70. The maximum atomic E-state index is 13.0. The monoisotopic (exact) mass is 475 g/mol. The van der Waals surface area contributed by atoms with Gasteiger partial charge in [-0.15, -0.1) is 0 Å². The zero-order valence-corrected chi connectivity index (χ0v) is 17.7. The second-order valence-corrected chi connectivity index (χ2v) is 8.59. The first-order chi connectivity index (χ1) is 13.5. The molecule has 0 aliphatic carbocycles. The van der Waals surface area contributed by atoms with Gasteiger partial charge >= 0.3 is 0 Å². The fourth-order valence-electron chi connectivity index (χ4n) is 3.36. The summed E-state index contributed by atoms with van der Waals surface area (Å²) in [6.07, 6.45) is -1.14. The molecule has 4 rings (SSSR count). The Labute approximate surface area is 179 Å². The largest absolute Gasteiger partial charge is 0.471 e. The van der Waals surface area contributed by atoms with Crippen LogP contribution in [0.4, 0.5) is 0 Å². The topological polar surface area (TPSA) is 55.4 Å². The summed E-state index contributed by atoms with van der Waals surface area (Å²) < 4.78 is 6.60. The molecule has 2 unspecified atom stereocenters. The average molecular weight is 477 g/mol. The summed E-state index contributed by atoms with van der Waals surface area (Å²) in [7, 11) is 0. The van der Waals surface area contributed by atoms with Crippen LogP contribution in [0.25, 0.3) is 0 Å². The third-order valence-electron chi connectivity index (χ3n) is 4.74. The van der Waals surface area contributed by atoms with Crippen molar-refractivity contribution in [1.82, 2.24) is 5.32 Å². The number of halogens is 2. The minimum atomic E-state index is -1.23. The summed E-state index contributed by atoms with van der Waals surface area (Å²) in [5, 5.41) is 7.28. The molecule has 1 saturated heterocycles. The standard InChI is InChI=1S/C21H15BrClNO3S/c22-15-7-5-13(6-8-15)21(14-9-10-28-12-14)11-17(25)19(20(26)24-21)27-18-4-2-1-3-16(18)23/h1-10,12,19H,11H2,(H,24,26). The molecule has 2 aromatic carbocycles. The highest BCUT2D eigenvalue weighted by Crippen LogP contribution is 2.38. The number of hydrogen-bond acceptors (Lipinski definition) is 4. The summed E-state index contributed by atoms with van der Waals surface area (Å²) in [5.74, 6) is -0.465. The number of para-hydroxylation sites is 1. The van der Waals surface area contributed by atoms with Gasteiger partial charge in [-0.3, -0.25) is 9.59 Å². The number of ether oxygens (including phenoxy) is 1. The molecule has 1 aromatic heterocycles. The van der Waals surface area contributed by atoms with Crippen molar-refractivity contribution in [1.29, 1.82) is 0 Å². The Morgan fingerprint density at radius 3 is 2.46 bits per heavy atom. The first-order valence-corrected chi connectivity index (χ1v) is 10.7. The molecule has 0 saturated carbocycles. The molecular formula is C21H15BrClNO3S. The highest BCUT2D eigenvalue weighted by Gasteiger charge is 2.48. The van der Waals surface area contributed by atoms with Gasteiger partial charge in [0.05, 0.1) is 10.6 Å². The SMILES string of the molecule is O=C1CC(c2ccc(Br)cc2)(c2ccsc2)NC(=O)C1Oc1ccccc1Cl. The number of Topliss-reactive ketones (excluding diaryl/α,β-unsaturated/α-hetero) is 1. The fourth-order valence-corrected chi connectivity index (χ4v) is 4.54. The summed E-state index contributed by atoms with van der Waals surface area (Å²) in [6, 6.07) is 16.3. The van der Waals surface area contributed by atoms with Crippen LogP contribution in [0, 0.1) is 0 Å². The minimum absolute atomic E-state index is 0.0895. The molecule has 1 amide bonds. The molecule has 0 spiro atoms. The normalized spacial score (nSPS) is 22.0. The Balaban J connectivity index is 1.70. The zero-order valence-electron chi connectivity index (χ0n) is 14.5. The molecule has 1 aliphatic rings. The molecule has 1 fully saturated rings. The van der Waals surface area contributed by atoms with Gasteiger partial charge in [-0.2, -0.15) is 11.3 Å². The maximum Gasteiger partial charge on any atom is 0.269 e. The fraction of sp³-hybridized carbons (Fsp3) is 0.143. The Morgan fingerprint density at radius 1 is 1.07 bits per heavy atom. The Bertz CT molecular complexity index is 1000. The van der Waals surface area contributed by atoms with Crippen LogP contribution in [0.15, 0.2) is 69.8 Å². The van der Waals surface area contributed by atoms with Gasteiger partial charge in [-0.25, -0.2) is 0 Å². The first-order valence-electron chi connectivity index (χ1n) is 8.54. The van der Waals surface area contributed by atoms with Crippen molar-refractivity contribution in [3.8, 4) is 5.75 Å². The van der Waals surface area contributed by atoms with Crippen LogP contribution < -0.4 is 10.1 Å². The number of nitrogens with one attached hydrogen (secondary N) is 1. The van der Waals surface area contributed by atoms with Crippen LogP contribution >= 0.6 is 38.9 Å². The summed E-state index contributed by atoms with van der Waals surface area (Å²) in [5.41, 5.74) is 0.791. The number of hydrogen-bond donors (Lipinski definition) is 1. The smallest absolute Gasteiger partial charge is 0.269 e. The van der Waals surface area contributed by atoms with E-state index in [4.69, 9.17) is 16.3 Å². The number of carbonyl (C=O) groups is 2. The Kier molecular flexibility index (Phi) is 5.27. The third kappa shape index (κ3) is 3.48. The number of carbonyl (C=O) groups excluding carboxylic acids is 2. The molecule has 7 heteroatoms. The van der Waals surface area contributed by atoms with Crippen LogP contribution in [0.1, 0.15) is 17.5 Å². The molecule has 2 heterocycles. The van der Waals surface area contributed by atoms with Gasteiger partial charge in [0.1, 0.15) is 5.75 Å². The lowest BCUT2D eigenvalue weighted by atomic mass is 9.76. The molecular weight excluding hydrogens is 462 g/mol. The second-order valence-electron chi connectivity index (χ2n) is 6.48. The van der Waals surface area contributed by atoms with E-state index in [-0.39, 0.29) is 12.2 Å². The van der Waals surface area contributed by atoms with E-state index in [1.165, 1.54) is 11.3 Å². The van der Waals surface area contributed by atoms with E-state index < -0.39 is 17.6 Å². The molecule has 142 valence electrons. The highest BCUT2D eigenvalue weighted by atomic mass is 79.9. The lowest BCUT2D eigenvalue weighted by Crippen LogP contribution is -2.60. The summed E-state index contributed by atoms with van der Waals surface area (Å²) >= 11 is 11.1. The van der Waals surface area contributed by atoms with E-state index in [1.54, 1.807) is 24.3 Å². The van der Waals surface area contributed by atoms with Crippen molar-refractivity contribution in [3.05, 3.63) is 86.0 Å². The quantitative estimate of drug-likeness (QED) is 0.543. The van der Waals surface area contributed by atoms with Gasteiger partial charge in [0.2, 0.25) is 6.10 Å². The number of ketones is 1. The number of rotatable bonds is 4. The first kappa shape index (κ1) is 19.2. The minimum Gasteiger partial charge on any atom is -0.471 e. The van der Waals surface area contributed by atoms with Gasteiger partial charge in [-0.05, 0) is 52.2 Å². The molecule has 1 aliphatic heterocycles. The van der Waals surface area contributed by atoms with Crippen molar-refractivity contribution < 1.29 is 14.3 Å². The molecule has 28 heavy (non-hydrogen) atoms. The predicted molar refractivity (Wildman–Crippen MR) is 113 cm³/mol. The number of piperidine rings is 1. The molecule has 2 atom stereocenters. The van der Waals surface area contributed by atoms with E-state index >= 15 is 0 Å². The van der Waals surface area contributed by atoms with Crippen LogP contribution in [-0.2, 0) is 15.1 Å². The molecule has 3 aromatic rings. The van der Waals surface area contributed by atoms with Gasteiger partial charge in [0.15, 0.2) is 5.78 Å². The predicted octanol–water partition coefficient (Wildman–Crippen LogP) is 4.94. The summed E-state index contributed by atoms with van der Waals surface area (Å²) in [4.78, 5) is 26.0. The van der Waals surface area contributed by atoms with E-state index in [9.17, 15) is 9.59 Å². The zero-order chi connectivity index (χ0) is 19.7. The highest BCUT2D eigenvalue weighted by molar-refractivity contribution is 9.10. The van der Waals surface area contributed by atoms with Crippen molar-refractivity contribution in [2.24, 2.45) is 0 Å². The van der Waals surface area contributed by atoms with Crippen LogP contribution in [0.2, 0.25) is 5.02 Å². The lowest BCUT2D eigenvalue weighted by Gasteiger charge is -2.40. The molecule has 4 nitrogen and oxygen atoms in total. The van der Waals surface area contributed by atoms with Crippen LogP contribution in [0.3, 0.4) is 0 Å². The van der Waals surface area contributed by atoms with Gasteiger partial charge in [0.25, 0.3) is 5.91 Å². The van der Waals surface area contributed by atoms with Gasteiger partial charge in [-0.1, -0.05) is 51.8 Å². The molecule has 1 N–H and O–H groups in total. The van der Waals surface area contributed by atoms with Crippen LogP contribution in [-0.4, -0.2) is 17.8 Å². The number of benzene rings is 2.